The second-order valence-electron chi connectivity index (χ2n) is 3.91. The summed E-state index contributed by atoms with van der Waals surface area (Å²) >= 11 is 0. The Morgan fingerprint density at radius 1 is 1.35 bits per heavy atom. The van der Waals surface area contributed by atoms with Crippen LogP contribution < -0.4 is 5.32 Å². The normalized spacial score (nSPS) is 11.2. The van der Waals surface area contributed by atoms with Crippen LogP contribution >= 0.6 is 0 Å². The van der Waals surface area contributed by atoms with Crippen LogP contribution in [0.3, 0.4) is 0 Å². The predicted molar refractivity (Wildman–Crippen MR) is 69.5 cm³/mol. The molecule has 0 bridgehead atoms. The monoisotopic (exact) mass is 295 g/mol. The number of tetrazole rings is 1. The van der Waals surface area contributed by atoms with Gasteiger partial charge in [0.25, 0.3) is 5.91 Å². The smallest absolute Gasteiger partial charge is 0.252 e. The molecule has 2 rings (SSSR count). The molecule has 0 atom stereocenters. The van der Waals surface area contributed by atoms with Crippen molar-refractivity contribution in [3.63, 3.8) is 0 Å². The van der Waals surface area contributed by atoms with Gasteiger partial charge in [-0.2, -0.15) is 5.21 Å². The van der Waals surface area contributed by atoms with Gasteiger partial charge in [-0.05, 0) is 12.1 Å². The average Bonchev–Trinajstić information content (AvgIpc) is 2.98. The van der Waals surface area contributed by atoms with E-state index in [1.165, 1.54) is 19.1 Å². The van der Waals surface area contributed by atoms with E-state index in [2.05, 4.69) is 25.9 Å². The zero-order valence-electron chi connectivity index (χ0n) is 10.7. The standard InChI is InChI=1S/C11H13N5O3S/c1-2-20(18,19)9-6-4-3-5-8(9)11(17)12-7-10-13-15-16-14-10/h3-6H,2,7H2,1H3,(H,12,17)(H,13,14,15,16). The minimum atomic E-state index is -3.46. The second kappa shape index (κ2) is 5.78. The molecule has 0 spiro atoms. The fourth-order valence-corrected chi connectivity index (χ4v) is 2.69. The van der Waals surface area contributed by atoms with E-state index in [0.29, 0.717) is 5.82 Å². The fraction of sp³-hybridized carbons (Fsp3) is 0.273. The van der Waals surface area contributed by atoms with Crippen LogP contribution in [0.2, 0.25) is 0 Å². The highest BCUT2D eigenvalue weighted by atomic mass is 32.2. The van der Waals surface area contributed by atoms with Crippen molar-refractivity contribution < 1.29 is 13.2 Å². The van der Waals surface area contributed by atoms with E-state index >= 15 is 0 Å². The van der Waals surface area contributed by atoms with Gasteiger partial charge in [0.15, 0.2) is 15.7 Å². The van der Waals surface area contributed by atoms with Crippen LogP contribution in [0.25, 0.3) is 0 Å². The van der Waals surface area contributed by atoms with E-state index in [1.807, 2.05) is 0 Å². The van der Waals surface area contributed by atoms with Gasteiger partial charge in [0.05, 0.1) is 22.8 Å². The lowest BCUT2D eigenvalue weighted by molar-refractivity contribution is 0.0946. The third-order valence-corrected chi connectivity index (χ3v) is 4.43. The minimum Gasteiger partial charge on any atom is -0.345 e. The molecule has 1 heterocycles. The lowest BCUT2D eigenvalue weighted by Gasteiger charge is -2.08. The molecule has 0 aliphatic carbocycles. The number of nitrogens with one attached hydrogen (secondary N) is 2. The highest BCUT2D eigenvalue weighted by Crippen LogP contribution is 2.16. The molecule has 0 saturated heterocycles. The molecule has 20 heavy (non-hydrogen) atoms. The lowest BCUT2D eigenvalue weighted by atomic mass is 10.2. The maximum atomic E-state index is 12.1. The number of sulfone groups is 1. The molecule has 0 aliphatic heterocycles. The molecule has 1 aromatic carbocycles. The van der Waals surface area contributed by atoms with Crippen molar-refractivity contribution in [2.45, 2.75) is 18.4 Å². The van der Waals surface area contributed by atoms with Crippen molar-refractivity contribution in [3.05, 3.63) is 35.7 Å². The third-order valence-electron chi connectivity index (χ3n) is 2.64. The van der Waals surface area contributed by atoms with E-state index in [-0.39, 0.29) is 22.8 Å². The molecule has 0 radical (unpaired) electrons. The van der Waals surface area contributed by atoms with E-state index in [1.54, 1.807) is 12.1 Å². The number of aromatic nitrogens is 4. The van der Waals surface area contributed by atoms with Crippen LogP contribution in [-0.4, -0.2) is 40.7 Å². The number of amides is 1. The number of carbonyl (C=O) groups is 1. The van der Waals surface area contributed by atoms with Crippen molar-refractivity contribution >= 4 is 15.7 Å². The Balaban J connectivity index is 2.22. The molecule has 0 saturated carbocycles. The first-order valence-corrected chi connectivity index (χ1v) is 7.52. The lowest BCUT2D eigenvalue weighted by Crippen LogP contribution is -2.25. The van der Waals surface area contributed by atoms with Gasteiger partial charge in [0.1, 0.15) is 0 Å². The van der Waals surface area contributed by atoms with Crippen LogP contribution in [0.5, 0.6) is 0 Å². The number of H-pyrrole nitrogens is 1. The number of hydrogen-bond acceptors (Lipinski definition) is 6. The Kier molecular flexibility index (Phi) is 4.08. The molecule has 2 aromatic rings. The van der Waals surface area contributed by atoms with E-state index in [4.69, 9.17) is 0 Å². The fourth-order valence-electron chi connectivity index (χ4n) is 1.59. The van der Waals surface area contributed by atoms with Crippen LogP contribution in [0.1, 0.15) is 23.1 Å². The summed E-state index contributed by atoms with van der Waals surface area (Å²) in [5.74, 6) is -0.251. The minimum absolute atomic E-state index is 0.0214. The van der Waals surface area contributed by atoms with Gasteiger partial charge in [0, 0.05) is 0 Å². The molecule has 1 amide bonds. The van der Waals surface area contributed by atoms with Gasteiger partial charge >= 0.3 is 0 Å². The van der Waals surface area contributed by atoms with Gasteiger partial charge in [-0.3, -0.25) is 4.79 Å². The highest BCUT2D eigenvalue weighted by Gasteiger charge is 2.20. The van der Waals surface area contributed by atoms with Gasteiger partial charge in [-0.15, -0.1) is 10.2 Å². The van der Waals surface area contributed by atoms with Gasteiger partial charge < -0.3 is 5.32 Å². The van der Waals surface area contributed by atoms with Crippen LogP contribution in [0.15, 0.2) is 29.2 Å². The summed E-state index contributed by atoms with van der Waals surface area (Å²) in [6.07, 6.45) is 0. The maximum Gasteiger partial charge on any atom is 0.252 e. The molecule has 106 valence electrons. The first kappa shape index (κ1) is 14.1. The molecule has 0 aliphatic rings. The molecule has 8 nitrogen and oxygen atoms in total. The van der Waals surface area contributed by atoms with Crippen molar-refractivity contribution in [1.29, 1.82) is 0 Å². The van der Waals surface area contributed by atoms with Gasteiger partial charge in [0.2, 0.25) is 0 Å². The number of aromatic amines is 1. The van der Waals surface area contributed by atoms with E-state index < -0.39 is 15.7 Å². The summed E-state index contributed by atoms with van der Waals surface area (Å²) < 4.78 is 23.9. The summed E-state index contributed by atoms with van der Waals surface area (Å²) in [5, 5.41) is 15.5. The van der Waals surface area contributed by atoms with Crippen molar-refractivity contribution in [2.75, 3.05) is 5.75 Å². The van der Waals surface area contributed by atoms with Crippen LogP contribution in [0, 0.1) is 0 Å². The average molecular weight is 295 g/mol. The number of carbonyl (C=O) groups excluding carboxylic acids is 1. The molecule has 0 fully saturated rings. The molecule has 0 unspecified atom stereocenters. The van der Waals surface area contributed by atoms with Crippen molar-refractivity contribution in [1.82, 2.24) is 25.9 Å². The zero-order valence-corrected chi connectivity index (χ0v) is 11.5. The largest absolute Gasteiger partial charge is 0.345 e. The third kappa shape index (κ3) is 2.99. The number of hydrogen-bond donors (Lipinski definition) is 2. The summed E-state index contributed by atoms with van der Waals surface area (Å²) in [4.78, 5) is 12.1. The van der Waals surface area contributed by atoms with Crippen molar-refractivity contribution in [2.24, 2.45) is 0 Å². The Labute approximate surface area is 115 Å². The first-order chi connectivity index (χ1) is 9.54. The quantitative estimate of drug-likeness (QED) is 0.796. The summed E-state index contributed by atoms with van der Waals surface area (Å²) in [5.41, 5.74) is 0.109. The Bertz CT molecular complexity index is 697. The summed E-state index contributed by atoms with van der Waals surface area (Å²) in [7, 11) is -3.46. The van der Waals surface area contributed by atoms with Gasteiger partial charge in [-0.25, -0.2) is 8.42 Å². The first-order valence-electron chi connectivity index (χ1n) is 5.87. The van der Waals surface area contributed by atoms with E-state index in [0.717, 1.165) is 0 Å². The molecule has 2 N–H and O–H groups in total. The molecule has 1 aromatic heterocycles. The second-order valence-corrected chi connectivity index (χ2v) is 6.16. The molecular formula is C11H13N5O3S. The van der Waals surface area contributed by atoms with Crippen LogP contribution in [-0.2, 0) is 16.4 Å². The van der Waals surface area contributed by atoms with Crippen LogP contribution in [0.4, 0.5) is 0 Å². The number of rotatable bonds is 5. The predicted octanol–water partition coefficient (Wildman–Crippen LogP) is -0.0767. The Hall–Kier alpha value is -2.29. The van der Waals surface area contributed by atoms with Crippen molar-refractivity contribution in [3.8, 4) is 0 Å². The maximum absolute atomic E-state index is 12.1. The molecular weight excluding hydrogens is 282 g/mol. The topological polar surface area (TPSA) is 118 Å². The summed E-state index contributed by atoms with van der Waals surface area (Å²) in [6, 6.07) is 6.08. The molecule has 9 heteroatoms. The Morgan fingerprint density at radius 2 is 2.10 bits per heavy atom. The number of nitrogens with zero attached hydrogens (tertiary/aromatic N) is 3. The summed E-state index contributed by atoms with van der Waals surface area (Å²) in [6.45, 7) is 1.60. The zero-order chi connectivity index (χ0) is 14.6. The van der Waals surface area contributed by atoms with E-state index in [9.17, 15) is 13.2 Å². The SMILES string of the molecule is CCS(=O)(=O)c1ccccc1C(=O)NCc1nn[nH]n1. The Morgan fingerprint density at radius 3 is 2.75 bits per heavy atom. The van der Waals surface area contributed by atoms with Gasteiger partial charge in [-0.1, -0.05) is 24.3 Å². The number of benzene rings is 1. The highest BCUT2D eigenvalue weighted by molar-refractivity contribution is 7.91.